The highest BCUT2D eigenvalue weighted by Gasteiger charge is 2.31. The third-order valence-electron chi connectivity index (χ3n) is 4.28. The molecule has 9 heteroatoms. The van der Waals surface area contributed by atoms with Crippen LogP contribution in [0.3, 0.4) is 0 Å². The molecule has 1 aliphatic rings. The second kappa shape index (κ2) is 9.11. The molecule has 0 aromatic heterocycles. The molecule has 27 heavy (non-hydrogen) atoms. The van der Waals surface area contributed by atoms with Gasteiger partial charge in [0.15, 0.2) is 6.10 Å². The fraction of sp³-hybridized carbons (Fsp3) is 0.444. The van der Waals surface area contributed by atoms with Gasteiger partial charge in [-0.3, -0.25) is 19.7 Å². The molecule has 0 aliphatic carbocycles. The Morgan fingerprint density at radius 3 is 2.30 bits per heavy atom. The Balaban J connectivity index is 1.83. The average molecular weight is 380 g/mol. The number of esters is 1. The van der Waals surface area contributed by atoms with E-state index in [1.54, 1.807) is 4.90 Å². The minimum atomic E-state index is -1.14. The van der Waals surface area contributed by atoms with Gasteiger partial charge in [-0.05, 0) is 44.0 Å². The summed E-state index contributed by atoms with van der Waals surface area (Å²) in [4.78, 5) is 48.8. The normalized spacial score (nSPS) is 15.6. The van der Waals surface area contributed by atoms with Crippen LogP contribution in [-0.4, -0.2) is 55.1 Å². The van der Waals surface area contributed by atoms with Gasteiger partial charge in [0, 0.05) is 18.7 Å². The molecule has 0 bridgehead atoms. The lowest BCUT2D eigenvalue weighted by Crippen LogP contribution is -2.43. The largest absolute Gasteiger partial charge is 0.453 e. The van der Waals surface area contributed by atoms with Crippen molar-refractivity contribution in [3.8, 4) is 0 Å². The van der Waals surface area contributed by atoms with E-state index in [-0.39, 0.29) is 5.91 Å². The van der Waals surface area contributed by atoms with E-state index in [0.717, 1.165) is 7.11 Å². The van der Waals surface area contributed by atoms with E-state index in [4.69, 9.17) is 4.74 Å². The number of hydrogen-bond acceptors (Lipinski definition) is 6. The van der Waals surface area contributed by atoms with Gasteiger partial charge in [-0.2, -0.15) is 0 Å². The van der Waals surface area contributed by atoms with E-state index in [0.29, 0.717) is 31.5 Å². The van der Waals surface area contributed by atoms with Gasteiger partial charge in [0.2, 0.25) is 0 Å². The van der Waals surface area contributed by atoms with Crippen LogP contribution in [0.15, 0.2) is 24.3 Å². The molecule has 8 nitrogen and oxygen atoms in total. The number of nitrogens with one attached hydrogen (secondary N) is 1. The zero-order valence-corrected chi connectivity index (χ0v) is 15.1. The van der Waals surface area contributed by atoms with Gasteiger partial charge in [0.1, 0.15) is 5.82 Å². The van der Waals surface area contributed by atoms with Crippen molar-refractivity contribution in [1.82, 2.24) is 10.2 Å². The van der Waals surface area contributed by atoms with Gasteiger partial charge in [-0.1, -0.05) is 0 Å². The van der Waals surface area contributed by atoms with Crippen molar-refractivity contribution in [1.29, 1.82) is 0 Å². The zero-order chi connectivity index (χ0) is 20.0. The highest BCUT2D eigenvalue weighted by atomic mass is 19.1. The molecular weight excluding hydrogens is 359 g/mol. The number of nitrogens with zero attached hydrogens (tertiary/aromatic N) is 1. The molecule has 1 heterocycles. The van der Waals surface area contributed by atoms with Crippen molar-refractivity contribution < 1.29 is 33.0 Å². The summed E-state index contributed by atoms with van der Waals surface area (Å²) in [5.41, 5.74) is 0.380. The maximum absolute atomic E-state index is 13.0. The van der Waals surface area contributed by atoms with Crippen LogP contribution in [-0.2, 0) is 19.1 Å². The Kier molecular flexibility index (Phi) is 6.86. The van der Waals surface area contributed by atoms with Crippen LogP contribution in [0.25, 0.3) is 0 Å². The summed E-state index contributed by atoms with van der Waals surface area (Å²) < 4.78 is 22.3. The lowest BCUT2D eigenvalue weighted by Gasteiger charge is -2.31. The second-order valence-corrected chi connectivity index (χ2v) is 6.13. The number of methoxy groups -OCH3 is 1. The first kappa shape index (κ1) is 20.3. The summed E-state index contributed by atoms with van der Waals surface area (Å²) in [5.74, 6) is -2.43. The molecule has 1 saturated heterocycles. The van der Waals surface area contributed by atoms with E-state index in [1.165, 1.54) is 31.2 Å². The van der Waals surface area contributed by atoms with Crippen molar-refractivity contribution in [2.45, 2.75) is 25.9 Å². The summed E-state index contributed by atoms with van der Waals surface area (Å²) in [6.07, 6.45) is -1.31. The summed E-state index contributed by atoms with van der Waals surface area (Å²) in [6.45, 7) is 2.04. The maximum atomic E-state index is 13.0. The molecule has 2 rings (SSSR count). The molecule has 1 N–H and O–H groups in total. The number of hydrogen-bond donors (Lipinski definition) is 1. The monoisotopic (exact) mass is 380 g/mol. The molecule has 1 aromatic rings. The zero-order valence-electron chi connectivity index (χ0n) is 15.1. The number of ether oxygens (including phenoxy) is 2. The average Bonchev–Trinajstić information content (AvgIpc) is 2.67. The number of piperidine rings is 1. The highest BCUT2D eigenvalue weighted by Crippen LogP contribution is 2.21. The third kappa shape index (κ3) is 5.50. The Labute approximate surface area is 155 Å². The summed E-state index contributed by atoms with van der Waals surface area (Å²) in [7, 11) is 1.11. The first-order chi connectivity index (χ1) is 12.8. The van der Waals surface area contributed by atoms with Crippen molar-refractivity contribution in [3.05, 3.63) is 35.6 Å². The molecule has 146 valence electrons. The SMILES string of the molecule is COC(=O)NC(=O)[C@H](C)OC(=O)C1CCN(C(=O)c2ccc(F)cc2)CC1. The second-order valence-electron chi connectivity index (χ2n) is 6.13. The number of halogens is 1. The van der Waals surface area contributed by atoms with E-state index in [1.807, 2.05) is 5.32 Å². The van der Waals surface area contributed by atoms with Crippen LogP contribution < -0.4 is 5.32 Å². The van der Waals surface area contributed by atoms with Crippen LogP contribution in [0.1, 0.15) is 30.1 Å². The third-order valence-corrected chi connectivity index (χ3v) is 4.28. The Morgan fingerprint density at radius 1 is 1.15 bits per heavy atom. The molecule has 0 spiro atoms. The van der Waals surface area contributed by atoms with Gasteiger partial charge in [-0.25, -0.2) is 9.18 Å². The molecule has 0 saturated carbocycles. The Morgan fingerprint density at radius 2 is 1.74 bits per heavy atom. The van der Waals surface area contributed by atoms with Gasteiger partial charge >= 0.3 is 12.1 Å². The molecular formula is C18H21FN2O6. The summed E-state index contributed by atoms with van der Waals surface area (Å²) >= 11 is 0. The summed E-state index contributed by atoms with van der Waals surface area (Å²) in [6, 6.07) is 5.27. The van der Waals surface area contributed by atoms with Crippen LogP contribution >= 0.6 is 0 Å². The summed E-state index contributed by atoms with van der Waals surface area (Å²) in [5, 5.41) is 1.92. The van der Waals surface area contributed by atoms with Crippen molar-refractivity contribution >= 4 is 23.9 Å². The molecule has 3 amide bonds. The van der Waals surface area contributed by atoms with Crippen molar-refractivity contribution in [2.75, 3.05) is 20.2 Å². The lowest BCUT2D eigenvalue weighted by molar-refractivity contribution is -0.159. The number of benzene rings is 1. The predicted molar refractivity (Wildman–Crippen MR) is 91.1 cm³/mol. The van der Waals surface area contributed by atoms with Crippen molar-refractivity contribution in [3.63, 3.8) is 0 Å². The minimum Gasteiger partial charge on any atom is -0.453 e. The first-order valence-electron chi connectivity index (χ1n) is 8.46. The highest BCUT2D eigenvalue weighted by molar-refractivity contribution is 5.95. The van der Waals surface area contributed by atoms with E-state index in [9.17, 15) is 23.6 Å². The van der Waals surface area contributed by atoms with Gasteiger partial charge < -0.3 is 14.4 Å². The fourth-order valence-electron chi connectivity index (χ4n) is 2.67. The van der Waals surface area contributed by atoms with Crippen LogP contribution in [0, 0.1) is 11.7 Å². The number of amides is 3. The number of carbonyl (C=O) groups excluding carboxylic acids is 4. The molecule has 1 atom stereocenters. The van der Waals surface area contributed by atoms with Gasteiger partial charge in [0.25, 0.3) is 11.8 Å². The molecule has 0 radical (unpaired) electrons. The topological polar surface area (TPSA) is 102 Å². The number of likely N-dealkylation sites (tertiary alicyclic amines) is 1. The van der Waals surface area contributed by atoms with Crippen molar-refractivity contribution in [2.24, 2.45) is 5.92 Å². The number of rotatable bonds is 4. The van der Waals surface area contributed by atoms with E-state index >= 15 is 0 Å². The standard InChI is InChI=1S/C18H21FN2O6/c1-11(15(22)20-18(25)26-2)27-17(24)13-7-9-21(10-8-13)16(23)12-3-5-14(19)6-4-12/h3-6,11,13H,7-10H2,1-2H3,(H,20,22,25)/t11-/m0/s1. The lowest BCUT2D eigenvalue weighted by atomic mass is 9.96. The first-order valence-corrected chi connectivity index (χ1v) is 8.46. The molecule has 1 aromatic carbocycles. The quantitative estimate of drug-likeness (QED) is 0.794. The van der Waals surface area contributed by atoms with Gasteiger partial charge in [0.05, 0.1) is 13.0 Å². The fourth-order valence-corrected chi connectivity index (χ4v) is 2.67. The smallest absolute Gasteiger partial charge is 0.413 e. The van der Waals surface area contributed by atoms with Crippen LogP contribution in [0.4, 0.5) is 9.18 Å². The van der Waals surface area contributed by atoms with E-state index in [2.05, 4.69) is 4.74 Å². The van der Waals surface area contributed by atoms with Crippen LogP contribution in [0.5, 0.6) is 0 Å². The Bertz CT molecular complexity index is 713. The minimum absolute atomic E-state index is 0.229. The maximum Gasteiger partial charge on any atom is 0.413 e. The Hall–Kier alpha value is -2.97. The number of imide groups is 1. The van der Waals surface area contributed by atoms with Gasteiger partial charge in [-0.15, -0.1) is 0 Å². The van der Waals surface area contributed by atoms with E-state index < -0.39 is 35.8 Å². The van der Waals surface area contributed by atoms with Crippen LogP contribution in [0.2, 0.25) is 0 Å². The number of alkyl carbamates (subject to hydrolysis) is 1. The predicted octanol–water partition coefficient (Wildman–Crippen LogP) is 1.49. The molecule has 1 aliphatic heterocycles. The molecule has 0 unspecified atom stereocenters. The molecule has 1 fully saturated rings. The number of carbonyl (C=O) groups is 4.